The van der Waals surface area contributed by atoms with Crippen LogP contribution in [0.5, 0.6) is 0 Å². The van der Waals surface area contributed by atoms with Crippen LogP contribution in [0.1, 0.15) is 5.82 Å². The SMILES string of the molecule is Cc1nc(N2CCN(C)CC2)c2[nH]cnc2n1. The molecule has 0 saturated carbocycles. The molecule has 0 radical (unpaired) electrons. The number of likely N-dealkylation sites (N-methyl/N-ethyl adjacent to an activating group) is 1. The zero-order valence-electron chi connectivity index (χ0n) is 10.1. The number of aromatic amines is 1. The van der Waals surface area contributed by atoms with Crippen molar-refractivity contribution in [3.63, 3.8) is 0 Å². The Labute approximate surface area is 99.7 Å². The third-order valence-corrected chi connectivity index (χ3v) is 3.18. The van der Waals surface area contributed by atoms with Gasteiger partial charge in [0.2, 0.25) is 0 Å². The van der Waals surface area contributed by atoms with Gasteiger partial charge in [-0.15, -0.1) is 0 Å². The van der Waals surface area contributed by atoms with Gasteiger partial charge in [-0.05, 0) is 14.0 Å². The molecular weight excluding hydrogens is 216 g/mol. The average molecular weight is 232 g/mol. The molecule has 0 spiro atoms. The molecule has 1 saturated heterocycles. The lowest BCUT2D eigenvalue weighted by Crippen LogP contribution is -2.45. The van der Waals surface area contributed by atoms with Gasteiger partial charge >= 0.3 is 0 Å². The van der Waals surface area contributed by atoms with Gasteiger partial charge in [-0.3, -0.25) is 0 Å². The normalized spacial score (nSPS) is 17.9. The van der Waals surface area contributed by atoms with E-state index in [1.165, 1.54) is 0 Å². The van der Waals surface area contributed by atoms with E-state index in [0.29, 0.717) is 0 Å². The molecule has 3 heterocycles. The standard InChI is InChI=1S/C11H16N6/c1-8-14-10-9(12-7-13-10)11(15-8)17-5-3-16(2)4-6-17/h7H,3-6H2,1-2H3,(H,12,13,14,15). The van der Waals surface area contributed by atoms with Crippen LogP contribution >= 0.6 is 0 Å². The molecule has 0 aromatic carbocycles. The number of piperazine rings is 1. The molecule has 17 heavy (non-hydrogen) atoms. The number of nitrogens with one attached hydrogen (secondary N) is 1. The van der Waals surface area contributed by atoms with E-state index in [1.54, 1.807) is 6.33 Å². The zero-order chi connectivity index (χ0) is 11.8. The summed E-state index contributed by atoms with van der Waals surface area (Å²) in [5.41, 5.74) is 1.70. The van der Waals surface area contributed by atoms with Gasteiger partial charge in [0.15, 0.2) is 11.5 Å². The lowest BCUT2D eigenvalue weighted by Gasteiger charge is -2.33. The maximum absolute atomic E-state index is 4.55. The highest BCUT2D eigenvalue weighted by Crippen LogP contribution is 2.21. The molecule has 0 bridgehead atoms. The maximum atomic E-state index is 4.55. The molecule has 6 heteroatoms. The summed E-state index contributed by atoms with van der Waals surface area (Å²) in [4.78, 5) is 20.8. The first-order valence-electron chi connectivity index (χ1n) is 5.85. The molecule has 0 aliphatic carbocycles. The maximum Gasteiger partial charge on any atom is 0.183 e. The predicted octanol–water partition coefficient (Wildman–Crippen LogP) is 0.413. The largest absolute Gasteiger partial charge is 0.352 e. The number of H-pyrrole nitrogens is 1. The summed E-state index contributed by atoms with van der Waals surface area (Å²) < 4.78 is 0. The summed E-state index contributed by atoms with van der Waals surface area (Å²) in [6, 6.07) is 0. The molecular formula is C11H16N6. The van der Waals surface area contributed by atoms with Gasteiger partial charge in [-0.1, -0.05) is 0 Å². The van der Waals surface area contributed by atoms with E-state index >= 15 is 0 Å². The lowest BCUT2D eigenvalue weighted by atomic mass is 10.3. The second kappa shape index (κ2) is 3.96. The molecule has 0 amide bonds. The Hall–Kier alpha value is -1.69. The van der Waals surface area contributed by atoms with Crippen LogP contribution in [0.2, 0.25) is 0 Å². The Morgan fingerprint density at radius 2 is 1.94 bits per heavy atom. The Morgan fingerprint density at radius 3 is 2.71 bits per heavy atom. The Kier molecular flexibility index (Phi) is 2.44. The Morgan fingerprint density at radius 1 is 1.18 bits per heavy atom. The number of imidazole rings is 1. The molecule has 90 valence electrons. The minimum absolute atomic E-state index is 0.756. The van der Waals surface area contributed by atoms with Crippen LogP contribution in [0.3, 0.4) is 0 Å². The van der Waals surface area contributed by atoms with Crippen LogP contribution in [0, 0.1) is 6.92 Å². The summed E-state index contributed by atoms with van der Waals surface area (Å²) in [6.07, 6.45) is 1.68. The van der Waals surface area contributed by atoms with E-state index in [9.17, 15) is 0 Å². The van der Waals surface area contributed by atoms with Crippen LogP contribution in [0.25, 0.3) is 11.2 Å². The fraction of sp³-hybridized carbons (Fsp3) is 0.545. The molecule has 1 N–H and O–H groups in total. The lowest BCUT2D eigenvalue weighted by molar-refractivity contribution is 0.312. The number of aryl methyl sites for hydroxylation is 1. The number of hydrogen-bond acceptors (Lipinski definition) is 5. The highest BCUT2D eigenvalue weighted by atomic mass is 15.3. The minimum Gasteiger partial charge on any atom is -0.352 e. The molecule has 1 aliphatic rings. The van der Waals surface area contributed by atoms with E-state index in [0.717, 1.165) is 49.0 Å². The molecule has 1 fully saturated rings. The molecule has 1 aliphatic heterocycles. The van der Waals surface area contributed by atoms with Crippen LogP contribution in [-0.2, 0) is 0 Å². The van der Waals surface area contributed by atoms with Gasteiger partial charge in [0.1, 0.15) is 11.3 Å². The van der Waals surface area contributed by atoms with E-state index in [1.807, 2.05) is 6.92 Å². The number of rotatable bonds is 1. The zero-order valence-corrected chi connectivity index (χ0v) is 10.1. The third kappa shape index (κ3) is 1.84. The summed E-state index contributed by atoms with van der Waals surface area (Å²) in [6.45, 7) is 6.05. The second-order valence-electron chi connectivity index (χ2n) is 4.49. The van der Waals surface area contributed by atoms with E-state index < -0.39 is 0 Å². The molecule has 2 aromatic rings. The van der Waals surface area contributed by atoms with Crippen molar-refractivity contribution in [2.75, 3.05) is 38.1 Å². The first-order valence-corrected chi connectivity index (χ1v) is 5.85. The van der Waals surface area contributed by atoms with Crippen molar-refractivity contribution in [3.05, 3.63) is 12.2 Å². The van der Waals surface area contributed by atoms with E-state index in [2.05, 4.69) is 36.8 Å². The van der Waals surface area contributed by atoms with Gasteiger partial charge in [-0.25, -0.2) is 15.0 Å². The van der Waals surface area contributed by atoms with Crippen LogP contribution in [-0.4, -0.2) is 58.1 Å². The third-order valence-electron chi connectivity index (χ3n) is 3.18. The van der Waals surface area contributed by atoms with Crippen molar-refractivity contribution in [2.45, 2.75) is 6.92 Å². The van der Waals surface area contributed by atoms with Crippen molar-refractivity contribution in [1.29, 1.82) is 0 Å². The topological polar surface area (TPSA) is 60.9 Å². The van der Waals surface area contributed by atoms with Crippen LogP contribution in [0.15, 0.2) is 6.33 Å². The Balaban J connectivity index is 2.01. The van der Waals surface area contributed by atoms with Crippen molar-refractivity contribution < 1.29 is 0 Å². The van der Waals surface area contributed by atoms with Gasteiger partial charge in [0.05, 0.1) is 6.33 Å². The molecule has 0 atom stereocenters. The fourth-order valence-corrected chi connectivity index (χ4v) is 2.17. The predicted molar refractivity (Wildman–Crippen MR) is 66.1 cm³/mol. The molecule has 3 rings (SSSR count). The number of fused-ring (bicyclic) bond motifs is 1. The smallest absolute Gasteiger partial charge is 0.183 e. The molecule has 6 nitrogen and oxygen atoms in total. The van der Waals surface area contributed by atoms with Gasteiger partial charge in [-0.2, -0.15) is 0 Å². The van der Waals surface area contributed by atoms with Crippen LogP contribution < -0.4 is 4.90 Å². The quantitative estimate of drug-likeness (QED) is 0.772. The summed E-state index contributed by atoms with van der Waals surface area (Å²) in [7, 11) is 2.15. The summed E-state index contributed by atoms with van der Waals surface area (Å²) in [5, 5.41) is 0. The van der Waals surface area contributed by atoms with Gasteiger partial charge < -0.3 is 14.8 Å². The monoisotopic (exact) mass is 232 g/mol. The van der Waals surface area contributed by atoms with Gasteiger partial charge in [0, 0.05) is 26.2 Å². The minimum atomic E-state index is 0.756. The first-order chi connectivity index (χ1) is 8.24. The highest BCUT2D eigenvalue weighted by molar-refractivity contribution is 5.83. The number of hydrogen-bond donors (Lipinski definition) is 1. The number of aromatic nitrogens is 4. The number of nitrogens with zero attached hydrogens (tertiary/aromatic N) is 5. The fourth-order valence-electron chi connectivity index (χ4n) is 2.17. The van der Waals surface area contributed by atoms with Crippen molar-refractivity contribution >= 4 is 17.0 Å². The van der Waals surface area contributed by atoms with E-state index in [4.69, 9.17) is 0 Å². The first kappa shape index (κ1) is 10.5. The molecule has 0 unspecified atom stereocenters. The van der Waals surface area contributed by atoms with Crippen LogP contribution in [0.4, 0.5) is 5.82 Å². The van der Waals surface area contributed by atoms with Crippen molar-refractivity contribution in [2.24, 2.45) is 0 Å². The molecule has 2 aromatic heterocycles. The van der Waals surface area contributed by atoms with Gasteiger partial charge in [0.25, 0.3) is 0 Å². The number of anilines is 1. The Bertz CT molecular complexity index is 526. The average Bonchev–Trinajstić information content (AvgIpc) is 2.77. The van der Waals surface area contributed by atoms with Crippen molar-refractivity contribution in [1.82, 2.24) is 24.8 Å². The highest BCUT2D eigenvalue weighted by Gasteiger charge is 2.19. The van der Waals surface area contributed by atoms with E-state index in [-0.39, 0.29) is 0 Å². The van der Waals surface area contributed by atoms with Crippen molar-refractivity contribution in [3.8, 4) is 0 Å². The summed E-state index contributed by atoms with van der Waals surface area (Å²) in [5.74, 6) is 1.76. The summed E-state index contributed by atoms with van der Waals surface area (Å²) >= 11 is 0. The second-order valence-corrected chi connectivity index (χ2v) is 4.49.